The summed E-state index contributed by atoms with van der Waals surface area (Å²) in [5.41, 5.74) is 0.966. The van der Waals surface area contributed by atoms with Crippen molar-refractivity contribution in [3.8, 4) is 0 Å². The van der Waals surface area contributed by atoms with Crippen molar-refractivity contribution in [3.63, 3.8) is 0 Å². The Balaban J connectivity index is 1.98. The van der Waals surface area contributed by atoms with Crippen LogP contribution in [0.3, 0.4) is 0 Å². The summed E-state index contributed by atoms with van der Waals surface area (Å²) in [7, 11) is 0.414. The number of hydrogen-bond acceptors (Lipinski definition) is 4. The van der Waals surface area contributed by atoms with Crippen molar-refractivity contribution >= 4 is 32.7 Å². The first-order valence-electron chi connectivity index (χ1n) is 8.64. The van der Waals surface area contributed by atoms with E-state index in [0.29, 0.717) is 16.7 Å². The van der Waals surface area contributed by atoms with Crippen molar-refractivity contribution in [3.05, 3.63) is 65.8 Å². The third-order valence-corrected chi connectivity index (χ3v) is 6.97. The third kappa shape index (κ3) is 3.16. The van der Waals surface area contributed by atoms with Crippen LogP contribution < -0.4 is 0 Å². The van der Waals surface area contributed by atoms with Crippen LogP contribution >= 0.6 is 11.6 Å². The quantitative estimate of drug-likeness (QED) is 0.496. The molecule has 0 saturated heterocycles. The van der Waals surface area contributed by atoms with Crippen LogP contribution in [-0.2, 0) is 10.0 Å². The van der Waals surface area contributed by atoms with Crippen LogP contribution in [0.5, 0.6) is 0 Å². The zero-order valence-electron chi connectivity index (χ0n) is 15.1. The molecule has 1 aromatic carbocycles. The van der Waals surface area contributed by atoms with E-state index in [0.717, 1.165) is 17.4 Å². The van der Waals surface area contributed by atoms with E-state index in [1.165, 1.54) is 10.3 Å². The molecule has 0 fully saturated rings. The summed E-state index contributed by atoms with van der Waals surface area (Å²) in [4.78, 5) is 8.46. The fourth-order valence-electron chi connectivity index (χ4n) is 3.41. The molecule has 1 unspecified atom stereocenters. The Morgan fingerprint density at radius 2 is 1.93 bits per heavy atom. The normalized spacial score (nSPS) is 19.4. The van der Waals surface area contributed by atoms with Gasteiger partial charge in [0.2, 0.25) is 0 Å². The summed E-state index contributed by atoms with van der Waals surface area (Å²) in [5.74, 6) is -0.0418. The van der Waals surface area contributed by atoms with E-state index in [-0.39, 0.29) is 16.0 Å². The second-order valence-corrected chi connectivity index (χ2v) is 9.44. The first kappa shape index (κ1) is 18.2. The molecule has 140 valence electrons. The van der Waals surface area contributed by atoms with Gasteiger partial charge >= 0.3 is 0 Å². The lowest BCUT2D eigenvalue weighted by Gasteiger charge is -2.31. The van der Waals surface area contributed by atoms with Gasteiger partial charge in [-0.25, -0.2) is 22.4 Å². The number of rotatable bonds is 3. The minimum atomic E-state index is -3.82. The molecule has 0 aliphatic carbocycles. The Morgan fingerprint density at radius 3 is 2.59 bits per heavy atom. The molecule has 6 nitrogen and oxygen atoms in total. The lowest BCUT2D eigenvalue weighted by atomic mass is 9.98. The highest BCUT2D eigenvalue weighted by Crippen LogP contribution is 2.35. The van der Waals surface area contributed by atoms with Crippen LogP contribution in [0.25, 0.3) is 11.0 Å². The monoisotopic (exact) mass is 403 g/mol. The maximum atomic E-state index is 13.4. The molecule has 1 aliphatic heterocycles. The van der Waals surface area contributed by atoms with E-state index in [1.54, 1.807) is 36.4 Å². The zero-order valence-corrected chi connectivity index (χ0v) is 16.7. The van der Waals surface area contributed by atoms with Gasteiger partial charge in [-0.3, -0.25) is 0 Å². The molecule has 0 saturated carbocycles. The van der Waals surface area contributed by atoms with Gasteiger partial charge in [0.05, 0.1) is 37.1 Å². The average molecular weight is 404 g/mol. The number of aromatic nitrogens is 3. The molecular formula is C19H20ClN4O2S+. The van der Waals surface area contributed by atoms with Crippen molar-refractivity contribution in [1.29, 1.82) is 0 Å². The number of nitrogens with zero attached hydrogens (tertiary/aromatic N) is 4. The maximum absolute atomic E-state index is 13.4. The Kier molecular flexibility index (Phi) is 4.33. The Bertz CT molecular complexity index is 1140. The molecule has 1 atom stereocenters. The van der Waals surface area contributed by atoms with E-state index in [9.17, 15) is 8.42 Å². The minimum Gasteiger partial charge on any atom is -0.302 e. The molecule has 0 N–H and O–H groups in total. The minimum absolute atomic E-state index is 0.0418. The predicted octanol–water partition coefficient (Wildman–Crippen LogP) is 3.40. The highest BCUT2D eigenvalue weighted by atomic mass is 35.5. The van der Waals surface area contributed by atoms with Gasteiger partial charge in [0, 0.05) is 18.0 Å². The van der Waals surface area contributed by atoms with Crippen molar-refractivity contribution in [1.82, 2.24) is 13.9 Å². The standard InChI is InChI=1S/C19H20ClN4O2S/c1-24(2)10-8-14(9-11-24)17-12-16-18(20)21-13-22-19(16)23(17)27(25,26)15-6-4-3-5-7-15/h3-8,10,12-14H,9,11H2,1-2H3/q+1. The number of fused-ring (bicyclic) bond motifs is 1. The SMILES string of the molecule is C[N+]1(C)C=CC(c2cc3c(Cl)ncnc3n2S(=O)(=O)c2ccccc2)CC1. The zero-order chi connectivity index (χ0) is 19.2. The molecule has 27 heavy (non-hydrogen) atoms. The van der Waals surface area contributed by atoms with Gasteiger partial charge in [-0.15, -0.1) is 0 Å². The first-order chi connectivity index (χ1) is 12.8. The lowest BCUT2D eigenvalue weighted by Crippen LogP contribution is -2.37. The van der Waals surface area contributed by atoms with Crippen LogP contribution in [0, 0.1) is 0 Å². The van der Waals surface area contributed by atoms with Crippen LogP contribution in [0.1, 0.15) is 18.0 Å². The lowest BCUT2D eigenvalue weighted by molar-refractivity contribution is -0.841. The van der Waals surface area contributed by atoms with Crippen LogP contribution in [0.4, 0.5) is 0 Å². The van der Waals surface area contributed by atoms with Crippen LogP contribution in [-0.4, -0.2) is 47.5 Å². The molecular weight excluding hydrogens is 384 g/mol. The van der Waals surface area contributed by atoms with E-state index < -0.39 is 10.0 Å². The van der Waals surface area contributed by atoms with E-state index in [2.05, 4.69) is 36.3 Å². The predicted molar refractivity (Wildman–Crippen MR) is 105 cm³/mol. The summed E-state index contributed by atoms with van der Waals surface area (Å²) in [6.45, 7) is 0.910. The fraction of sp³-hybridized carbons (Fsp3) is 0.263. The number of hydrogen-bond donors (Lipinski definition) is 0. The Morgan fingerprint density at radius 1 is 1.19 bits per heavy atom. The molecule has 3 heterocycles. The summed E-state index contributed by atoms with van der Waals surface area (Å²) in [6, 6.07) is 10.2. The molecule has 0 bridgehead atoms. The first-order valence-corrected chi connectivity index (χ1v) is 10.5. The van der Waals surface area contributed by atoms with Gasteiger partial charge in [0.15, 0.2) is 5.65 Å². The Labute approximate surface area is 163 Å². The number of halogens is 1. The van der Waals surface area contributed by atoms with Crippen LogP contribution in [0.2, 0.25) is 5.15 Å². The van der Waals surface area contributed by atoms with Crippen molar-refractivity contribution in [2.24, 2.45) is 0 Å². The smallest absolute Gasteiger partial charge is 0.269 e. The number of benzene rings is 1. The highest BCUT2D eigenvalue weighted by Gasteiger charge is 2.31. The summed E-state index contributed by atoms with van der Waals surface area (Å²) in [6.07, 6.45) is 6.28. The largest absolute Gasteiger partial charge is 0.302 e. The van der Waals surface area contributed by atoms with E-state index in [4.69, 9.17) is 11.6 Å². The second kappa shape index (κ2) is 6.44. The van der Waals surface area contributed by atoms with Gasteiger partial charge in [-0.05, 0) is 24.3 Å². The van der Waals surface area contributed by atoms with Gasteiger partial charge in [0.25, 0.3) is 10.0 Å². The Hall–Kier alpha value is -2.22. The number of quaternary nitrogens is 1. The van der Waals surface area contributed by atoms with Crippen molar-refractivity contribution < 1.29 is 12.9 Å². The molecule has 0 spiro atoms. The molecule has 8 heteroatoms. The highest BCUT2D eigenvalue weighted by molar-refractivity contribution is 7.90. The maximum Gasteiger partial charge on any atom is 0.269 e. The molecule has 1 aliphatic rings. The van der Waals surface area contributed by atoms with Gasteiger partial charge in [0.1, 0.15) is 11.5 Å². The molecule has 0 radical (unpaired) electrons. The number of allylic oxidation sites excluding steroid dienone is 1. The summed E-state index contributed by atoms with van der Waals surface area (Å²) >= 11 is 6.24. The van der Waals surface area contributed by atoms with E-state index >= 15 is 0 Å². The second-order valence-electron chi connectivity index (χ2n) is 7.29. The van der Waals surface area contributed by atoms with Crippen molar-refractivity contribution in [2.75, 3.05) is 20.6 Å². The summed E-state index contributed by atoms with van der Waals surface area (Å²) < 4.78 is 29.0. The third-order valence-electron chi connectivity index (χ3n) is 4.93. The molecule has 0 amide bonds. The molecule has 3 aromatic rings. The van der Waals surface area contributed by atoms with Gasteiger partial charge in [-0.1, -0.05) is 29.8 Å². The summed E-state index contributed by atoms with van der Waals surface area (Å²) in [5, 5.41) is 0.792. The van der Waals surface area contributed by atoms with Crippen LogP contribution in [0.15, 0.2) is 59.9 Å². The molecule has 2 aromatic heterocycles. The van der Waals surface area contributed by atoms with E-state index in [1.807, 2.05) is 0 Å². The van der Waals surface area contributed by atoms with Crippen molar-refractivity contribution in [2.45, 2.75) is 17.2 Å². The fourth-order valence-corrected chi connectivity index (χ4v) is 5.15. The topological polar surface area (TPSA) is 64.8 Å². The van der Waals surface area contributed by atoms with Gasteiger partial charge in [-0.2, -0.15) is 0 Å². The average Bonchev–Trinajstić information content (AvgIpc) is 3.04. The molecule has 4 rings (SSSR count). The van der Waals surface area contributed by atoms with Gasteiger partial charge < -0.3 is 4.48 Å².